The summed E-state index contributed by atoms with van der Waals surface area (Å²) in [6.07, 6.45) is 5.28. The summed E-state index contributed by atoms with van der Waals surface area (Å²) in [6, 6.07) is 9.69. The fourth-order valence-corrected chi connectivity index (χ4v) is 2.07. The molecule has 1 aromatic carbocycles. The molecule has 0 N–H and O–H groups in total. The number of ether oxygens (including phenoxy) is 1. The highest BCUT2D eigenvalue weighted by atomic mass is 16.5. The molecule has 0 aliphatic rings. The van der Waals surface area contributed by atoms with E-state index in [0.29, 0.717) is 6.61 Å². The van der Waals surface area contributed by atoms with Gasteiger partial charge in [-0.2, -0.15) is 0 Å². The first-order valence-electron chi connectivity index (χ1n) is 6.65. The Labute approximate surface area is 113 Å². The molecule has 100 valence electrons. The smallest absolute Gasteiger partial charge is 0.418 e. The Morgan fingerprint density at radius 2 is 1.63 bits per heavy atom. The van der Waals surface area contributed by atoms with E-state index in [2.05, 4.69) is 13.8 Å². The van der Waals surface area contributed by atoms with Crippen LogP contribution in [0, 0.1) is 0 Å². The Morgan fingerprint density at radius 3 is 2.16 bits per heavy atom. The zero-order chi connectivity index (χ0) is 13.7. The number of nitrogens with zero attached hydrogens (tertiary/aromatic N) is 1. The Balaban J connectivity index is 2.02. The lowest BCUT2D eigenvalue weighted by molar-refractivity contribution is 0.141. The Morgan fingerprint density at radius 1 is 1.05 bits per heavy atom. The predicted molar refractivity (Wildman–Crippen MR) is 75.2 cm³/mol. The summed E-state index contributed by atoms with van der Waals surface area (Å²) >= 11 is 0. The van der Waals surface area contributed by atoms with Crippen LogP contribution in [-0.2, 0) is 24.2 Å². The number of hydrogen-bond donors (Lipinski definition) is 0. The van der Waals surface area contributed by atoms with Crippen LogP contribution >= 0.6 is 0 Å². The van der Waals surface area contributed by atoms with E-state index in [1.54, 1.807) is 4.57 Å². The molecule has 0 fully saturated rings. The van der Waals surface area contributed by atoms with E-state index in [9.17, 15) is 4.79 Å². The second kappa shape index (κ2) is 6.23. The molecule has 2 aromatic rings. The molecular weight excluding hydrogens is 238 g/mol. The van der Waals surface area contributed by atoms with Gasteiger partial charge in [0, 0.05) is 12.4 Å². The van der Waals surface area contributed by atoms with E-state index >= 15 is 0 Å². The molecule has 0 aliphatic carbocycles. The molecule has 0 bridgehead atoms. The van der Waals surface area contributed by atoms with E-state index in [0.717, 1.165) is 18.4 Å². The number of hydrogen-bond acceptors (Lipinski definition) is 2. The molecular formula is C16H19NO2. The minimum atomic E-state index is -0.321. The Hall–Kier alpha value is -2.03. The average Bonchev–Trinajstić information content (AvgIpc) is 2.89. The van der Waals surface area contributed by atoms with Gasteiger partial charge in [-0.3, -0.25) is 4.57 Å². The second-order valence-corrected chi connectivity index (χ2v) is 4.46. The van der Waals surface area contributed by atoms with Crippen LogP contribution in [0.5, 0.6) is 0 Å². The van der Waals surface area contributed by atoms with Crippen molar-refractivity contribution in [1.29, 1.82) is 0 Å². The van der Waals surface area contributed by atoms with Crippen LogP contribution in [0.1, 0.15) is 30.5 Å². The normalized spacial score (nSPS) is 10.4. The maximum Gasteiger partial charge on any atom is 0.418 e. The fourth-order valence-electron chi connectivity index (χ4n) is 2.07. The van der Waals surface area contributed by atoms with Gasteiger partial charge in [0.1, 0.15) is 6.61 Å². The van der Waals surface area contributed by atoms with Crippen LogP contribution in [0.4, 0.5) is 4.79 Å². The SMILES string of the molecule is CCc1cn(C(=O)OCc2ccccc2)cc1CC. The fraction of sp³-hybridized carbons (Fsp3) is 0.312. The van der Waals surface area contributed by atoms with Crippen LogP contribution < -0.4 is 0 Å². The highest BCUT2D eigenvalue weighted by Crippen LogP contribution is 2.13. The molecule has 0 saturated carbocycles. The highest BCUT2D eigenvalue weighted by molar-refractivity contribution is 5.71. The first-order valence-corrected chi connectivity index (χ1v) is 6.65. The molecule has 1 heterocycles. The van der Waals surface area contributed by atoms with E-state index in [4.69, 9.17) is 4.74 Å². The third-order valence-corrected chi connectivity index (χ3v) is 3.18. The summed E-state index contributed by atoms with van der Waals surface area (Å²) < 4.78 is 6.84. The Bertz CT molecular complexity index is 522. The van der Waals surface area contributed by atoms with Crippen molar-refractivity contribution in [3.63, 3.8) is 0 Å². The summed E-state index contributed by atoms with van der Waals surface area (Å²) in [5.41, 5.74) is 3.41. The minimum absolute atomic E-state index is 0.306. The quantitative estimate of drug-likeness (QED) is 0.834. The van der Waals surface area contributed by atoms with Crippen molar-refractivity contribution in [3.05, 3.63) is 59.4 Å². The van der Waals surface area contributed by atoms with E-state index in [1.807, 2.05) is 42.7 Å². The van der Waals surface area contributed by atoms with Gasteiger partial charge in [0.05, 0.1) is 0 Å². The monoisotopic (exact) mass is 257 g/mol. The van der Waals surface area contributed by atoms with Crippen molar-refractivity contribution in [2.45, 2.75) is 33.3 Å². The first kappa shape index (κ1) is 13.4. The maximum absolute atomic E-state index is 12.0. The second-order valence-electron chi connectivity index (χ2n) is 4.46. The third-order valence-electron chi connectivity index (χ3n) is 3.18. The molecule has 2 rings (SSSR count). The molecule has 3 nitrogen and oxygen atoms in total. The molecule has 0 aliphatic heterocycles. The van der Waals surface area contributed by atoms with Crippen molar-refractivity contribution in [1.82, 2.24) is 4.57 Å². The first-order chi connectivity index (χ1) is 9.24. The topological polar surface area (TPSA) is 31.2 Å². The average molecular weight is 257 g/mol. The standard InChI is InChI=1S/C16H19NO2/c1-3-14-10-17(11-15(14)4-2)16(18)19-12-13-8-6-5-7-9-13/h5-11H,3-4,12H2,1-2H3. The number of aryl methyl sites for hydroxylation is 2. The predicted octanol–water partition coefficient (Wildman–Crippen LogP) is 3.80. The van der Waals surface area contributed by atoms with Crippen LogP contribution in [0.25, 0.3) is 0 Å². The van der Waals surface area contributed by atoms with Gasteiger partial charge in [-0.15, -0.1) is 0 Å². The summed E-state index contributed by atoms with van der Waals surface area (Å²) in [5.74, 6) is 0. The van der Waals surface area contributed by atoms with Gasteiger partial charge in [-0.05, 0) is 29.5 Å². The zero-order valence-electron chi connectivity index (χ0n) is 11.4. The van der Waals surface area contributed by atoms with Gasteiger partial charge in [-0.25, -0.2) is 4.79 Å². The van der Waals surface area contributed by atoms with E-state index in [1.165, 1.54) is 11.1 Å². The molecule has 0 spiro atoms. The van der Waals surface area contributed by atoms with Gasteiger partial charge < -0.3 is 4.74 Å². The lowest BCUT2D eigenvalue weighted by Gasteiger charge is -2.04. The number of rotatable bonds is 4. The molecule has 0 unspecified atom stereocenters. The van der Waals surface area contributed by atoms with Crippen molar-refractivity contribution in [2.24, 2.45) is 0 Å². The highest BCUT2D eigenvalue weighted by Gasteiger charge is 2.10. The molecule has 0 saturated heterocycles. The van der Waals surface area contributed by atoms with E-state index < -0.39 is 0 Å². The van der Waals surface area contributed by atoms with Crippen molar-refractivity contribution < 1.29 is 9.53 Å². The third kappa shape index (κ3) is 3.25. The maximum atomic E-state index is 12.0. The number of carbonyl (C=O) groups is 1. The number of aromatic nitrogens is 1. The Kier molecular flexibility index (Phi) is 4.39. The molecule has 0 amide bonds. The summed E-state index contributed by atoms with van der Waals surface area (Å²) in [7, 11) is 0. The van der Waals surface area contributed by atoms with Gasteiger partial charge in [-0.1, -0.05) is 44.2 Å². The van der Waals surface area contributed by atoms with Crippen LogP contribution in [0.15, 0.2) is 42.7 Å². The largest absolute Gasteiger partial charge is 0.444 e. The van der Waals surface area contributed by atoms with Crippen LogP contribution in [-0.4, -0.2) is 10.7 Å². The lowest BCUT2D eigenvalue weighted by atomic mass is 10.1. The summed E-state index contributed by atoms with van der Waals surface area (Å²) in [4.78, 5) is 12.0. The van der Waals surface area contributed by atoms with Gasteiger partial charge >= 0.3 is 6.09 Å². The molecule has 19 heavy (non-hydrogen) atoms. The van der Waals surface area contributed by atoms with Crippen molar-refractivity contribution in [2.75, 3.05) is 0 Å². The van der Waals surface area contributed by atoms with Gasteiger partial charge in [0.2, 0.25) is 0 Å². The molecule has 0 atom stereocenters. The summed E-state index contributed by atoms with van der Waals surface area (Å²) in [6.45, 7) is 4.49. The zero-order valence-corrected chi connectivity index (χ0v) is 11.4. The summed E-state index contributed by atoms with van der Waals surface area (Å²) in [5, 5.41) is 0. The van der Waals surface area contributed by atoms with Gasteiger partial charge in [0.25, 0.3) is 0 Å². The number of carbonyl (C=O) groups excluding carboxylic acids is 1. The molecule has 1 aromatic heterocycles. The number of benzene rings is 1. The minimum Gasteiger partial charge on any atom is -0.444 e. The molecule has 3 heteroatoms. The lowest BCUT2D eigenvalue weighted by Crippen LogP contribution is -2.11. The van der Waals surface area contributed by atoms with Crippen LogP contribution in [0.2, 0.25) is 0 Å². The van der Waals surface area contributed by atoms with Crippen LogP contribution in [0.3, 0.4) is 0 Å². The van der Waals surface area contributed by atoms with Crippen molar-refractivity contribution >= 4 is 6.09 Å². The molecule has 0 radical (unpaired) electrons. The van der Waals surface area contributed by atoms with Gasteiger partial charge in [0.15, 0.2) is 0 Å². The van der Waals surface area contributed by atoms with E-state index in [-0.39, 0.29) is 6.09 Å². The van der Waals surface area contributed by atoms with Crippen molar-refractivity contribution in [3.8, 4) is 0 Å².